The first-order chi connectivity index (χ1) is 11.0. The number of amides is 1. The minimum atomic E-state index is -0.685. The first kappa shape index (κ1) is 14.9. The highest BCUT2D eigenvalue weighted by molar-refractivity contribution is 7.18. The molecule has 0 saturated heterocycles. The van der Waals surface area contributed by atoms with E-state index in [4.69, 9.17) is 5.73 Å². The van der Waals surface area contributed by atoms with Gasteiger partial charge in [-0.05, 0) is 6.07 Å². The lowest BCUT2D eigenvalue weighted by molar-refractivity contribution is -0.383. The SMILES string of the molecule is Cn1nc(-c2ccccc2)cc1-c1sc(C(N)=O)cc1[N+](=O)[O-]. The van der Waals surface area contributed by atoms with Gasteiger partial charge in [-0.3, -0.25) is 19.6 Å². The Balaban J connectivity index is 2.14. The third kappa shape index (κ3) is 2.71. The van der Waals surface area contributed by atoms with Gasteiger partial charge in [-0.15, -0.1) is 11.3 Å². The molecule has 0 spiro atoms. The minimum absolute atomic E-state index is 0.147. The summed E-state index contributed by atoms with van der Waals surface area (Å²) in [4.78, 5) is 22.6. The topological polar surface area (TPSA) is 104 Å². The number of nitrogens with two attached hydrogens (primary N) is 1. The third-order valence-electron chi connectivity index (χ3n) is 3.33. The molecular weight excluding hydrogens is 316 g/mol. The lowest BCUT2D eigenvalue weighted by atomic mass is 10.1. The third-order valence-corrected chi connectivity index (χ3v) is 4.50. The van der Waals surface area contributed by atoms with E-state index in [9.17, 15) is 14.9 Å². The standard InChI is InChI=1S/C15H12N4O3S/c1-18-11(7-10(17-18)9-5-3-2-4-6-9)14-12(19(21)22)8-13(23-14)15(16)20/h2-8H,1H3,(H2,16,20). The highest BCUT2D eigenvalue weighted by atomic mass is 32.1. The van der Waals surface area contributed by atoms with Gasteiger partial charge in [-0.2, -0.15) is 5.10 Å². The average molecular weight is 328 g/mol. The number of carbonyl (C=O) groups is 1. The van der Waals surface area contributed by atoms with Crippen molar-refractivity contribution >= 4 is 22.9 Å². The fourth-order valence-electron chi connectivity index (χ4n) is 2.25. The van der Waals surface area contributed by atoms with Gasteiger partial charge in [-0.25, -0.2) is 0 Å². The van der Waals surface area contributed by atoms with Crippen LogP contribution in [0.15, 0.2) is 42.5 Å². The Bertz CT molecular complexity index is 899. The van der Waals surface area contributed by atoms with Crippen LogP contribution >= 0.6 is 11.3 Å². The molecule has 2 aromatic heterocycles. The molecule has 8 heteroatoms. The number of hydrogen-bond donors (Lipinski definition) is 1. The van der Waals surface area contributed by atoms with E-state index in [0.717, 1.165) is 16.9 Å². The Labute approximate surface area is 135 Å². The van der Waals surface area contributed by atoms with Crippen LogP contribution in [0.4, 0.5) is 5.69 Å². The molecule has 3 rings (SSSR count). The number of aromatic nitrogens is 2. The molecule has 2 heterocycles. The van der Waals surface area contributed by atoms with Crippen molar-refractivity contribution in [1.82, 2.24) is 9.78 Å². The molecule has 3 aromatic rings. The van der Waals surface area contributed by atoms with Crippen LogP contribution in [0.3, 0.4) is 0 Å². The molecule has 0 aliphatic carbocycles. The van der Waals surface area contributed by atoms with Crippen LogP contribution in [0, 0.1) is 10.1 Å². The molecule has 0 bridgehead atoms. The van der Waals surface area contributed by atoms with Crippen molar-refractivity contribution in [2.75, 3.05) is 0 Å². The first-order valence-electron chi connectivity index (χ1n) is 6.65. The molecule has 0 aliphatic rings. The van der Waals surface area contributed by atoms with Gasteiger partial charge in [0.05, 0.1) is 21.2 Å². The summed E-state index contributed by atoms with van der Waals surface area (Å²) in [6, 6.07) is 12.5. The predicted molar refractivity (Wildman–Crippen MR) is 87.1 cm³/mol. The minimum Gasteiger partial charge on any atom is -0.365 e. The highest BCUT2D eigenvalue weighted by Gasteiger charge is 2.25. The lowest BCUT2D eigenvalue weighted by Gasteiger charge is -1.97. The normalized spacial score (nSPS) is 10.7. The van der Waals surface area contributed by atoms with E-state index >= 15 is 0 Å². The maximum atomic E-state index is 11.3. The van der Waals surface area contributed by atoms with Crippen LogP contribution < -0.4 is 5.73 Å². The van der Waals surface area contributed by atoms with Crippen LogP contribution in [0.2, 0.25) is 0 Å². The van der Waals surface area contributed by atoms with E-state index in [-0.39, 0.29) is 10.6 Å². The second-order valence-electron chi connectivity index (χ2n) is 4.85. The smallest absolute Gasteiger partial charge is 0.290 e. The first-order valence-corrected chi connectivity index (χ1v) is 7.47. The number of nitro groups is 1. The van der Waals surface area contributed by atoms with E-state index < -0.39 is 10.8 Å². The highest BCUT2D eigenvalue weighted by Crippen LogP contribution is 2.39. The van der Waals surface area contributed by atoms with Gasteiger partial charge in [0.15, 0.2) is 0 Å². The van der Waals surface area contributed by atoms with Crippen molar-refractivity contribution in [1.29, 1.82) is 0 Å². The van der Waals surface area contributed by atoms with Crippen molar-refractivity contribution in [2.45, 2.75) is 0 Å². The second kappa shape index (κ2) is 5.65. The molecule has 1 amide bonds. The molecule has 0 saturated carbocycles. The van der Waals surface area contributed by atoms with Gasteiger partial charge >= 0.3 is 0 Å². The average Bonchev–Trinajstić information content (AvgIpc) is 3.11. The Morgan fingerprint density at radius 3 is 2.61 bits per heavy atom. The second-order valence-corrected chi connectivity index (χ2v) is 5.90. The van der Waals surface area contributed by atoms with Crippen molar-refractivity contribution in [2.24, 2.45) is 12.8 Å². The van der Waals surface area contributed by atoms with Crippen molar-refractivity contribution in [3.8, 4) is 21.8 Å². The molecule has 0 aliphatic heterocycles. The van der Waals surface area contributed by atoms with Crippen LogP contribution in [-0.4, -0.2) is 20.6 Å². The van der Waals surface area contributed by atoms with E-state index in [2.05, 4.69) is 5.10 Å². The quantitative estimate of drug-likeness (QED) is 0.587. The van der Waals surface area contributed by atoms with Gasteiger partial charge < -0.3 is 5.73 Å². The maximum absolute atomic E-state index is 11.3. The Morgan fingerprint density at radius 1 is 1.30 bits per heavy atom. The number of nitrogens with zero attached hydrogens (tertiary/aromatic N) is 3. The summed E-state index contributed by atoms with van der Waals surface area (Å²) in [6.07, 6.45) is 0. The molecule has 1 aromatic carbocycles. The summed E-state index contributed by atoms with van der Waals surface area (Å²) in [7, 11) is 1.70. The molecule has 0 fully saturated rings. The zero-order valence-corrected chi connectivity index (χ0v) is 12.9. The zero-order valence-electron chi connectivity index (χ0n) is 12.1. The Hall–Kier alpha value is -3.00. The molecule has 7 nitrogen and oxygen atoms in total. The monoisotopic (exact) mass is 328 g/mol. The molecule has 116 valence electrons. The van der Waals surface area contributed by atoms with E-state index in [1.807, 2.05) is 30.3 Å². The van der Waals surface area contributed by atoms with Crippen molar-refractivity contribution in [3.63, 3.8) is 0 Å². The van der Waals surface area contributed by atoms with Crippen LogP contribution in [0.25, 0.3) is 21.8 Å². The maximum Gasteiger partial charge on any atom is 0.290 e. The summed E-state index contributed by atoms with van der Waals surface area (Å²) >= 11 is 0.995. The van der Waals surface area contributed by atoms with Crippen LogP contribution in [0.5, 0.6) is 0 Å². The Kier molecular flexibility index (Phi) is 3.67. The molecular formula is C15H12N4O3S. The lowest BCUT2D eigenvalue weighted by Crippen LogP contribution is -2.08. The van der Waals surface area contributed by atoms with Gasteiger partial charge in [0.2, 0.25) is 0 Å². The number of carbonyl (C=O) groups excluding carboxylic acids is 1. The van der Waals surface area contributed by atoms with Crippen molar-refractivity contribution in [3.05, 3.63) is 57.5 Å². The molecule has 23 heavy (non-hydrogen) atoms. The molecule has 0 atom stereocenters. The fourth-order valence-corrected chi connectivity index (χ4v) is 3.28. The number of primary amides is 1. The largest absolute Gasteiger partial charge is 0.365 e. The molecule has 0 unspecified atom stereocenters. The summed E-state index contributed by atoms with van der Waals surface area (Å²) < 4.78 is 1.56. The van der Waals surface area contributed by atoms with Crippen LogP contribution in [-0.2, 0) is 7.05 Å². The summed E-state index contributed by atoms with van der Waals surface area (Å²) in [5.74, 6) is -0.685. The Morgan fingerprint density at radius 2 is 2.00 bits per heavy atom. The van der Waals surface area contributed by atoms with E-state index in [1.165, 1.54) is 6.07 Å². The van der Waals surface area contributed by atoms with Gasteiger partial charge in [0, 0.05) is 18.7 Å². The summed E-state index contributed by atoms with van der Waals surface area (Å²) in [5.41, 5.74) is 7.26. The van der Waals surface area contributed by atoms with Crippen molar-refractivity contribution < 1.29 is 9.72 Å². The zero-order chi connectivity index (χ0) is 16.6. The van der Waals surface area contributed by atoms with Crippen LogP contribution in [0.1, 0.15) is 9.67 Å². The fraction of sp³-hybridized carbons (Fsp3) is 0.0667. The van der Waals surface area contributed by atoms with Gasteiger partial charge in [-0.1, -0.05) is 30.3 Å². The van der Waals surface area contributed by atoms with Gasteiger partial charge in [0.1, 0.15) is 4.88 Å². The van der Waals surface area contributed by atoms with E-state index in [1.54, 1.807) is 17.8 Å². The molecule has 0 radical (unpaired) electrons. The summed E-state index contributed by atoms with van der Waals surface area (Å²) in [6.45, 7) is 0. The number of aryl methyl sites for hydroxylation is 1. The number of hydrogen-bond acceptors (Lipinski definition) is 5. The number of rotatable bonds is 4. The number of benzene rings is 1. The van der Waals surface area contributed by atoms with Gasteiger partial charge in [0.25, 0.3) is 11.6 Å². The summed E-state index contributed by atoms with van der Waals surface area (Å²) in [5, 5.41) is 15.6. The number of thiophene rings is 1. The molecule has 2 N–H and O–H groups in total. The predicted octanol–water partition coefficient (Wildman–Crippen LogP) is 2.82. The van der Waals surface area contributed by atoms with E-state index in [0.29, 0.717) is 16.3 Å².